The molecule has 1 N–H and O–H groups in total. The summed E-state index contributed by atoms with van der Waals surface area (Å²) in [5, 5.41) is 3.03. The number of rotatable bonds is 2. The molecule has 0 saturated carbocycles. The van der Waals surface area contributed by atoms with Gasteiger partial charge in [0.05, 0.1) is 18.8 Å². The first-order valence-corrected chi connectivity index (χ1v) is 7.38. The van der Waals surface area contributed by atoms with Gasteiger partial charge in [-0.2, -0.15) is 0 Å². The van der Waals surface area contributed by atoms with Crippen LogP contribution in [0.1, 0.15) is 19.4 Å². The van der Waals surface area contributed by atoms with Crippen molar-refractivity contribution in [3.8, 4) is 0 Å². The third-order valence-corrected chi connectivity index (χ3v) is 4.17. The van der Waals surface area contributed by atoms with Crippen molar-refractivity contribution in [2.24, 2.45) is 0 Å². The van der Waals surface area contributed by atoms with Gasteiger partial charge in [0.15, 0.2) is 0 Å². The van der Waals surface area contributed by atoms with E-state index in [2.05, 4.69) is 5.32 Å². The molecule has 1 saturated heterocycles. The number of hydrogen-bond acceptors (Lipinski definition) is 3. The molecule has 0 radical (unpaired) electrons. The molecule has 0 spiro atoms. The Morgan fingerprint density at radius 1 is 1.38 bits per heavy atom. The number of benzene rings is 1. The van der Waals surface area contributed by atoms with Crippen molar-refractivity contribution < 1.29 is 9.53 Å². The Bertz CT molecular complexity index is 516. The average Bonchev–Trinajstić information content (AvgIpc) is 2.43. The van der Waals surface area contributed by atoms with E-state index < -0.39 is 0 Å². The zero-order valence-corrected chi connectivity index (χ0v) is 13.5. The zero-order chi connectivity index (χ0) is 15.6. The summed E-state index contributed by atoms with van der Waals surface area (Å²) in [6, 6.07) is 5.97. The number of carbonyl (C=O) groups is 1. The van der Waals surface area contributed by atoms with Crippen molar-refractivity contribution >= 4 is 17.4 Å². The monoisotopic (exact) mass is 291 g/mol. The Labute approximate surface area is 126 Å². The van der Waals surface area contributed by atoms with Gasteiger partial charge in [0.25, 0.3) is 0 Å². The van der Waals surface area contributed by atoms with Crippen LogP contribution in [0.5, 0.6) is 0 Å². The highest BCUT2D eigenvalue weighted by atomic mass is 16.5. The molecule has 1 aliphatic heterocycles. The largest absolute Gasteiger partial charge is 0.377 e. The van der Waals surface area contributed by atoms with Crippen LogP contribution in [0.25, 0.3) is 0 Å². The fourth-order valence-electron chi connectivity index (χ4n) is 2.65. The lowest BCUT2D eigenvalue weighted by Gasteiger charge is -2.37. The first kappa shape index (κ1) is 15.6. The smallest absolute Gasteiger partial charge is 0.322 e. The van der Waals surface area contributed by atoms with Crippen molar-refractivity contribution in [2.75, 3.05) is 37.5 Å². The number of anilines is 2. The lowest BCUT2D eigenvalue weighted by atomic mass is 10.1. The molecule has 2 amide bonds. The second-order valence-corrected chi connectivity index (χ2v) is 5.78. The van der Waals surface area contributed by atoms with Crippen LogP contribution in [0.3, 0.4) is 0 Å². The maximum absolute atomic E-state index is 12.5. The van der Waals surface area contributed by atoms with Gasteiger partial charge in [-0.3, -0.25) is 0 Å². The number of morpholine rings is 1. The summed E-state index contributed by atoms with van der Waals surface area (Å²) < 4.78 is 5.57. The molecular formula is C16H25N3O2. The molecule has 5 nitrogen and oxygen atoms in total. The molecule has 1 aromatic rings. The molecule has 0 aliphatic carbocycles. The molecule has 0 aromatic heterocycles. The van der Waals surface area contributed by atoms with Gasteiger partial charge in [0.1, 0.15) is 0 Å². The van der Waals surface area contributed by atoms with Gasteiger partial charge < -0.3 is 19.9 Å². The van der Waals surface area contributed by atoms with E-state index >= 15 is 0 Å². The summed E-state index contributed by atoms with van der Waals surface area (Å²) in [4.78, 5) is 16.4. The van der Waals surface area contributed by atoms with E-state index in [1.807, 2.05) is 62.9 Å². The number of amides is 2. The van der Waals surface area contributed by atoms with Crippen LogP contribution < -0.4 is 10.2 Å². The van der Waals surface area contributed by atoms with Crippen molar-refractivity contribution in [2.45, 2.75) is 32.9 Å². The third kappa shape index (κ3) is 3.29. The highest BCUT2D eigenvalue weighted by Crippen LogP contribution is 2.26. The summed E-state index contributed by atoms with van der Waals surface area (Å²) in [7, 11) is 4.00. The summed E-state index contributed by atoms with van der Waals surface area (Å²) in [6.45, 7) is 7.27. The van der Waals surface area contributed by atoms with Crippen molar-refractivity contribution in [1.82, 2.24) is 4.90 Å². The predicted octanol–water partition coefficient (Wildman–Crippen LogP) is 2.70. The van der Waals surface area contributed by atoms with Gasteiger partial charge in [-0.1, -0.05) is 6.07 Å². The number of urea groups is 1. The van der Waals surface area contributed by atoms with E-state index in [4.69, 9.17) is 4.74 Å². The quantitative estimate of drug-likeness (QED) is 0.911. The molecule has 2 rings (SSSR count). The Kier molecular flexibility index (Phi) is 4.73. The molecule has 2 atom stereocenters. The van der Waals surface area contributed by atoms with Crippen LogP contribution in [0.2, 0.25) is 0 Å². The van der Waals surface area contributed by atoms with Crippen LogP contribution in [0.4, 0.5) is 16.2 Å². The van der Waals surface area contributed by atoms with E-state index in [9.17, 15) is 4.79 Å². The second-order valence-electron chi connectivity index (χ2n) is 5.78. The van der Waals surface area contributed by atoms with Crippen LogP contribution >= 0.6 is 0 Å². The van der Waals surface area contributed by atoms with E-state index in [1.165, 1.54) is 0 Å². The molecule has 21 heavy (non-hydrogen) atoms. The number of carbonyl (C=O) groups excluding carboxylic acids is 1. The minimum absolute atomic E-state index is 0.0587. The Hall–Kier alpha value is -1.75. The maximum atomic E-state index is 12.5. The number of hydrogen-bond donors (Lipinski definition) is 1. The van der Waals surface area contributed by atoms with Crippen LogP contribution in [-0.4, -0.2) is 50.3 Å². The van der Waals surface area contributed by atoms with Gasteiger partial charge in [-0.15, -0.1) is 0 Å². The summed E-state index contributed by atoms with van der Waals surface area (Å²) in [6.07, 6.45) is 0.0682. The van der Waals surface area contributed by atoms with Crippen LogP contribution in [-0.2, 0) is 4.74 Å². The van der Waals surface area contributed by atoms with Crippen molar-refractivity contribution in [1.29, 1.82) is 0 Å². The maximum Gasteiger partial charge on any atom is 0.322 e. The highest BCUT2D eigenvalue weighted by molar-refractivity contribution is 5.91. The molecule has 1 aromatic carbocycles. The lowest BCUT2D eigenvalue weighted by Crippen LogP contribution is -2.52. The van der Waals surface area contributed by atoms with Crippen LogP contribution in [0.15, 0.2) is 18.2 Å². The minimum Gasteiger partial charge on any atom is -0.377 e. The first-order chi connectivity index (χ1) is 9.91. The topological polar surface area (TPSA) is 44.8 Å². The fraction of sp³-hybridized carbons (Fsp3) is 0.562. The molecule has 1 aliphatic rings. The van der Waals surface area contributed by atoms with E-state index in [0.717, 1.165) is 16.9 Å². The van der Waals surface area contributed by atoms with Gasteiger partial charge in [-0.25, -0.2) is 4.79 Å². The molecule has 1 fully saturated rings. The minimum atomic E-state index is -0.0587. The molecule has 5 heteroatoms. The van der Waals surface area contributed by atoms with Crippen molar-refractivity contribution in [3.05, 3.63) is 23.8 Å². The lowest BCUT2D eigenvalue weighted by molar-refractivity contribution is -0.0355. The predicted molar refractivity (Wildman–Crippen MR) is 86.1 cm³/mol. The summed E-state index contributed by atoms with van der Waals surface area (Å²) in [5.74, 6) is 0. The van der Waals surface area contributed by atoms with Gasteiger partial charge in [-0.05, 0) is 38.5 Å². The molecule has 116 valence electrons. The average molecular weight is 291 g/mol. The molecule has 0 bridgehead atoms. The molecule has 0 unspecified atom stereocenters. The molecular weight excluding hydrogens is 266 g/mol. The van der Waals surface area contributed by atoms with Gasteiger partial charge in [0.2, 0.25) is 0 Å². The number of ether oxygens (including phenoxy) is 1. The Balaban J connectivity index is 2.14. The van der Waals surface area contributed by atoms with E-state index in [1.54, 1.807) is 0 Å². The summed E-state index contributed by atoms with van der Waals surface area (Å²) >= 11 is 0. The third-order valence-electron chi connectivity index (χ3n) is 4.17. The van der Waals surface area contributed by atoms with Gasteiger partial charge in [0, 0.05) is 32.0 Å². The normalized spacial score (nSPS) is 22.0. The summed E-state index contributed by atoms with van der Waals surface area (Å²) in [5.41, 5.74) is 3.04. The second kappa shape index (κ2) is 6.35. The van der Waals surface area contributed by atoms with E-state index in [0.29, 0.717) is 13.2 Å². The molecule has 1 heterocycles. The Morgan fingerprint density at radius 2 is 2.10 bits per heavy atom. The van der Waals surface area contributed by atoms with Crippen LogP contribution in [0, 0.1) is 6.92 Å². The number of nitrogens with zero attached hydrogens (tertiary/aromatic N) is 2. The standard InChI is InChI=1S/C16H25N3O2/c1-11-14(7-6-8-15(11)18(4)5)17-16(20)19-9-10-21-13(3)12(19)2/h6-8,12-13H,9-10H2,1-5H3,(H,17,20)/t12-,13+/m0/s1. The number of nitrogens with one attached hydrogen (secondary N) is 1. The fourth-order valence-corrected chi connectivity index (χ4v) is 2.65. The Morgan fingerprint density at radius 3 is 2.76 bits per heavy atom. The SMILES string of the molecule is Cc1c(NC(=O)N2CCO[C@H](C)[C@@H]2C)cccc1N(C)C. The first-order valence-electron chi connectivity index (χ1n) is 7.38. The van der Waals surface area contributed by atoms with Crippen molar-refractivity contribution in [3.63, 3.8) is 0 Å². The highest BCUT2D eigenvalue weighted by Gasteiger charge is 2.29. The van der Waals surface area contributed by atoms with E-state index in [-0.39, 0.29) is 18.2 Å². The zero-order valence-electron chi connectivity index (χ0n) is 13.5. The van der Waals surface area contributed by atoms with Gasteiger partial charge >= 0.3 is 6.03 Å².